The molecule has 25 heavy (non-hydrogen) atoms. The van der Waals surface area contributed by atoms with E-state index in [0.717, 1.165) is 46.6 Å². The summed E-state index contributed by atoms with van der Waals surface area (Å²) in [5.41, 5.74) is 1.02. The van der Waals surface area contributed by atoms with E-state index < -0.39 is 5.72 Å². The highest BCUT2D eigenvalue weighted by Gasteiger charge is 2.51. The Morgan fingerprint density at radius 2 is 1.72 bits per heavy atom. The van der Waals surface area contributed by atoms with Gasteiger partial charge in [0.05, 0.1) is 6.54 Å². The molecule has 0 aromatic heterocycles. The quantitative estimate of drug-likeness (QED) is 0.710. The summed E-state index contributed by atoms with van der Waals surface area (Å²) in [4.78, 5) is 2.25. The van der Waals surface area contributed by atoms with Crippen molar-refractivity contribution in [1.82, 2.24) is 0 Å². The van der Waals surface area contributed by atoms with E-state index in [2.05, 4.69) is 25.4 Å². The molecule has 4 rings (SSSR count). The summed E-state index contributed by atoms with van der Waals surface area (Å²) in [6, 6.07) is 15.9. The maximum absolute atomic E-state index is 11.7. The van der Waals surface area contributed by atoms with Crippen molar-refractivity contribution in [3.63, 3.8) is 0 Å². The van der Waals surface area contributed by atoms with Crippen molar-refractivity contribution >= 4 is 39.1 Å². The van der Waals surface area contributed by atoms with E-state index in [0.29, 0.717) is 6.54 Å². The van der Waals surface area contributed by atoms with Gasteiger partial charge in [0.15, 0.2) is 6.54 Å². The number of anilines is 1. The summed E-state index contributed by atoms with van der Waals surface area (Å²) in [5.74, 6) is 1.21. The number of rotatable bonds is 2. The maximum atomic E-state index is 11.7. The lowest BCUT2D eigenvalue weighted by Gasteiger charge is -2.23. The molecule has 0 amide bonds. The molecule has 0 saturated heterocycles. The molecule has 2 aromatic rings. The molecule has 0 aliphatic carbocycles. The Morgan fingerprint density at radius 1 is 1.00 bits per heavy atom. The molecule has 1 atom stereocenters. The third-order valence-corrected chi connectivity index (χ3v) is 5.96. The first kappa shape index (κ1) is 17.1. The fourth-order valence-electron chi connectivity index (χ4n) is 3.90. The number of hydrogen-bond acceptors (Lipinski definition) is 2. The van der Waals surface area contributed by atoms with Crippen molar-refractivity contribution in [2.45, 2.75) is 31.4 Å². The Bertz CT molecular complexity index is 803. The maximum Gasteiger partial charge on any atom is 0.271 e. The minimum absolute atomic E-state index is 0.533. The van der Waals surface area contributed by atoms with Crippen LogP contribution >= 0.6 is 27.5 Å². The molecule has 0 spiro atoms. The van der Waals surface area contributed by atoms with Gasteiger partial charge in [-0.25, -0.2) is 9.48 Å². The Balaban J connectivity index is 1.79. The predicted molar refractivity (Wildman–Crippen MR) is 105 cm³/mol. The fraction of sp³-hybridized carbons (Fsp3) is 0.350. The molecule has 5 heteroatoms. The summed E-state index contributed by atoms with van der Waals surface area (Å²) in [6.07, 6.45) is 4.45. The average Bonchev–Trinajstić information content (AvgIpc) is 2.78. The minimum Gasteiger partial charge on any atom is -0.346 e. The highest BCUT2D eigenvalue weighted by molar-refractivity contribution is 9.10. The first-order chi connectivity index (χ1) is 12.1. The largest absolute Gasteiger partial charge is 0.346 e. The fourth-order valence-corrected chi connectivity index (χ4v) is 4.29. The van der Waals surface area contributed by atoms with Crippen molar-refractivity contribution in [2.24, 2.45) is 0 Å². The van der Waals surface area contributed by atoms with Gasteiger partial charge in [0, 0.05) is 21.5 Å². The van der Waals surface area contributed by atoms with Crippen LogP contribution < -0.4 is 4.90 Å². The Labute approximate surface area is 161 Å². The van der Waals surface area contributed by atoms with Crippen molar-refractivity contribution in [3.8, 4) is 0 Å². The van der Waals surface area contributed by atoms with Gasteiger partial charge in [0.2, 0.25) is 0 Å². The van der Waals surface area contributed by atoms with Crippen LogP contribution in [0.1, 0.15) is 31.2 Å². The summed E-state index contributed by atoms with van der Waals surface area (Å²) in [7, 11) is 0. The van der Waals surface area contributed by atoms with Gasteiger partial charge < -0.3 is 5.11 Å². The zero-order valence-electron chi connectivity index (χ0n) is 14.0. The van der Waals surface area contributed by atoms with E-state index in [9.17, 15) is 5.11 Å². The van der Waals surface area contributed by atoms with E-state index >= 15 is 0 Å². The molecular formula is C20H21BrClN2O+. The number of nitrogens with zero attached hydrogens (tertiary/aromatic N) is 2. The standard InChI is InChI=1S/C20H21BrClN2O/c21-16-7-5-15(6-8-16)20(25)14-23(18-11-9-17(22)10-12-18)19-4-2-1-3-13-24(19)20/h5-12,25H,1-4,13-14H2/q+1. The minimum atomic E-state index is -1.000. The van der Waals surface area contributed by atoms with E-state index in [1.807, 2.05) is 48.5 Å². The van der Waals surface area contributed by atoms with E-state index in [4.69, 9.17) is 11.6 Å². The normalized spacial score (nSPS) is 23.6. The Kier molecular flexibility index (Phi) is 4.61. The number of benzene rings is 2. The summed E-state index contributed by atoms with van der Waals surface area (Å²) < 4.78 is 3.23. The van der Waals surface area contributed by atoms with Crippen molar-refractivity contribution in [3.05, 3.63) is 63.6 Å². The zero-order chi connectivity index (χ0) is 17.4. The molecule has 2 aromatic carbocycles. The van der Waals surface area contributed by atoms with Gasteiger partial charge in [0.25, 0.3) is 11.6 Å². The SMILES string of the molecule is OC1(c2ccc(Br)cc2)CN(c2ccc(Cl)cc2)C2=[N+]1CCCCC2. The second-order valence-corrected chi connectivity index (χ2v) is 8.12. The van der Waals surface area contributed by atoms with Crippen LogP contribution in [-0.2, 0) is 5.72 Å². The first-order valence-corrected chi connectivity index (χ1v) is 9.90. The molecule has 1 unspecified atom stereocenters. The van der Waals surface area contributed by atoms with E-state index in [1.54, 1.807) is 0 Å². The number of hydrogen-bond donors (Lipinski definition) is 1. The molecular weight excluding hydrogens is 400 g/mol. The molecule has 0 fully saturated rings. The molecule has 0 bridgehead atoms. The highest BCUT2D eigenvalue weighted by Crippen LogP contribution is 2.36. The van der Waals surface area contributed by atoms with Gasteiger partial charge in [-0.2, -0.15) is 0 Å². The van der Waals surface area contributed by atoms with Crippen molar-refractivity contribution in [1.29, 1.82) is 0 Å². The molecule has 2 heterocycles. The number of aliphatic hydroxyl groups is 1. The van der Waals surface area contributed by atoms with Crippen LogP contribution in [0, 0.1) is 0 Å². The lowest BCUT2D eigenvalue weighted by atomic mass is 10.0. The van der Waals surface area contributed by atoms with Gasteiger partial charge in [-0.05, 0) is 55.7 Å². The topological polar surface area (TPSA) is 26.5 Å². The third-order valence-electron chi connectivity index (χ3n) is 5.18. The molecule has 2 aliphatic rings. The smallest absolute Gasteiger partial charge is 0.271 e. The molecule has 3 nitrogen and oxygen atoms in total. The van der Waals surface area contributed by atoms with Crippen molar-refractivity contribution < 1.29 is 9.68 Å². The molecule has 2 aliphatic heterocycles. The van der Waals surface area contributed by atoms with Crippen LogP contribution in [0.2, 0.25) is 5.02 Å². The van der Waals surface area contributed by atoms with Gasteiger partial charge in [-0.15, -0.1) is 0 Å². The lowest BCUT2D eigenvalue weighted by molar-refractivity contribution is -0.658. The second-order valence-electron chi connectivity index (χ2n) is 6.76. The Morgan fingerprint density at radius 3 is 2.44 bits per heavy atom. The van der Waals surface area contributed by atoms with Crippen LogP contribution in [-0.4, -0.2) is 28.6 Å². The number of amidine groups is 1. The van der Waals surface area contributed by atoms with Gasteiger partial charge in [-0.1, -0.05) is 39.7 Å². The number of halogens is 2. The van der Waals surface area contributed by atoms with E-state index in [-0.39, 0.29) is 0 Å². The van der Waals surface area contributed by atoms with Crippen molar-refractivity contribution in [2.75, 3.05) is 18.0 Å². The molecule has 1 N–H and O–H groups in total. The average molecular weight is 421 g/mol. The highest BCUT2D eigenvalue weighted by atomic mass is 79.9. The molecule has 130 valence electrons. The van der Waals surface area contributed by atoms with Gasteiger partial charge >= 0.3 is 0 Å². The molecule has 0 radical (unpaired) electrons. The summed E-state index contributed by atoms with van der Waals surface area (Å²) in [6.45, 7) is 1.41. The van der Waals surface area contributed by atoms with Crippen LogP contribution in [0.3, 0.4) is 0 Å². The van der Waals surface area contributed by atoms with Gasteiger partial charge in [0.1, 0.15) is 5.69 Å². The predicted octanol–water partition coefficient (Wildman–Crippen LogP) is 4.75. The van der Waals surface area contributed by atoms with Crippen LogP contribution in [0.25, 0.3) is 0 Å². The third kappa shape index (κ3) is 3.12. The van der Waals surface area contributed by atoms with Crippen LogP contribution in [0.4, 0.5) is 5.69 Å². The summed E-state index contributed by atoms with van der Waals surface area (Å²) in [5, 5.41) is 12.4. The van der Waals surface area contributed by atoms with Crippen LogP contribution in [0.15, 0.2) is 53.0 Å². The molecule has 0 saturated carbocycles. The monoisotopic (exact) mass is 419 g/mol. The zero-order valence-corrected chi connectivity index (χ0v) is 16.3. The van der Waals surface area contributed by atoms with Gasteiger partial charge in [-0.3, -0.25) is 0 Å². The van der Waals surface area contributed by atoms with Crippen LogP contribution in [0.5, 0.6) is 0 Å². The van der Waals surface area contributed by atoms with E-state index in [1.165, 1.54) is 12.3 Å². The lowest BCUT2D eigenvalue weighted by Crippen LogP contribution is -2.41. The second kappa shape index (κ2) is 6.75. The summed E-state index contributed by atoms with van der Waals surface area (Å²) >= 11 is 9.54. The Hall–Kier alpha value is -1.36. The first-order valence-electron chi connectivity index (χ1n) is 8.73. The number of β-amino-alcohol motifs (C(OH)–C–C–N with tert-alkyl or cyclic N) is 1.